The average molecular weight is 334 g/mol. The number of hydrogen-bond donors (Lipinski definition) is 1. The van der Waals surface area contributed by atoms with Crippen LogP contribution in [-0.4, -0.2) is 40.2 Å². The van der Waals surface area contributed by atoms with Crippen molar-refractivity contribution in [2.75, 3.05) is 25.1 Å². The van der Waals surface area contributed by atoms with E-state index in [9.17, 15) is 0 Å². The molecule has 2 aromatic rings. The van der Waals surface area contributed by atoms with Crippen molar-refractivity contribution in [3.8, 4) is 0 Å². The van der Waals surface area contributed by atoms with E-state index in [1.54, 1.807) is 0 Å². The molecule has 3 heterocycles. The summed E-state index contributed by atoms with van der Waals surface area (Å²) in [5.41, 5.74) is 4.08. The smallest absolute Gasteiger partial charge is 0.107 e. The lowest BCUT2D eigenvalue weighted by Crippen LogP contribution is -2.32. The maximum Gasteiger partial charge on any atom is 0.107 e. The fourth-order valence-corrected chi connectivity index (χ4v) is 3.64. The summed E-state index contributed by atoms with van der Waals surface area (Å²) >= 11 is 1.89. The summed E-state index contributed by atoms with van der Waals surface area (Å²) in [5.74, 6) is 3.74. The maximum absolute atomic E-state index is 5.76. The summed E-state index contributed by atoms with van der Waals surface area (Å²) in [6, 6.07) is 4.17. The van der Waals surface area contributed by atoms with Crippen molar-refractivity contribution < 1.29 is 4.42 Å². The highest BCUT2D eigenvalue weighted by molar-refractivity contribution is 7.98. The van der Waals surface area contributed by atoms with E-state index in [1.165, 1.54) is 17.0 Å². The number of aromatic amines is 1. The highest BCUT2D eigenvalue weighted by atomic mass is 32.2. The van der Waals surface area contributed by atoms with E-state index in [0.717, 1.165) is 56.2 Å². The fraction of sp³-hybridized carbons (Fsp3) is 0.611. The molecule has 1 atom stereocenters. The Hall–Kier alpha value is -1.20. The second-order valence-corrected chi connectivity index (χ2v) is 7.52. The molecule has 5 heteroatoms. The summed E-state index contributed by atoms with van der Waals surface area (Å²) in [7, 11) is 0. The van der Waals surface area contributed by atoms with Crippen molar-refractivity contribution in [1.82, 2.24) is 15.1 Å². The van der Waals surface area contributed by atoms with Gasteiger partial charge in [-0.2, -0.15) is 16.9 Å². The Bertz CT molecular complexity index is 634. The topological polar surface area (TPSA) is 45.1 Å². The zero-order valence-electron chi connectivity index (χ0n) is 14.4. The Morgan fingerprint density at radius 3 is 3.04 bits per heavy atom. The molecule has 0 fully saturated rings. The molecule has 0 saturated heterocycles. The van der Waals surface area contributed by atoms with Gasteiger partial charge < -0.3 is 4.42 Å². The van der Waals surface area contributed by atoms with Crippen LogP contribution in [0.2, 0.25) is 0 Å². The first kappa shape index (κ1) is 16.7. The number of thioether (sulfide) groups is 1. The molecule has 0 saturated carbocycles. The first-order valence-corrected chi connectivity index (χ1v) is 9.89. The van der Waals surface area contributed by atoms with Crippen LogP contribution in [0, 0.1) is 6.92 Å². The number of hydrogen-bond acceptors (Lipinski definition) is 4. The van der Waals surface area contributed by atoms with Gasteiger partial charge in [0, 0.05) is 43.1 Å². The Labute approximate surface area is 143 Å². The minimum absolute atomic E-state index is 0.477. The minimum Gasteiger partial charge on any atom is -0.466 e. The van der Waals surface area contributed by atoms with Gasteiger partial charge in [0.05, 0.1) is 5.69 Å². The van der Waals surface area contributed by atoms with Gasteiger partial charge in [0.2, 0.25) is 0 Å². The van der Waals surface area contributed by atoms with Gasteiger partial charge >= 0.3 is 0 Å². The molecule has 0 aliphatic carbocycles. The molecular formula is C18H27N3OS. The number of rotatable bonds is 7. The molecule has 3 rings (SSSR count). The largest absolute Gasteiger partial charge is 0.466 e. The quantitative estimate of drug-likeness (QED) is 0.838. The van der Waals surface area contributed by atoms with E-state index in [-0.39, 0.29) is 0 Å². The van der Waals surface area contributed by atoms with E-state index in [4.69, 9.17) is 4.42 Å². The Kier molecular flexibility index (Phi) is 5.49. The zero-order valence-corrected chi connectivity index (χ0v) is 15.2. The van der Waals surface area contributed by atoms with E-state index in [2.05, 4.69) is 40.4 Å². The Morgan fingerprint density at radius 1 is 1.43 bits per heavy atom. The standard InChI is InChI=1S/C18H27N3OS/c1-13(18-5-4-14(2)22-18)6-9-21-10-7-16-15(12-21)17(20-19-16)8-11-23-3/h4-5,13H,6-12H2,1-3H3,(H,19,20)/t13-/m0/s1. The monoisotopic (exact) mass is 333 g/mol. The van der Waals surface area contributed by atoms with Gasteiger partial charge in [-0.15, -0.1) is 0 Å². The molecule has 2 aromatic heterocycles. The number of fused-ring (bicyclic) bond motifs is 1. The SMILES string of the molecule is CSCCc1n[nH]c2c1CN(CC[C@H](C)c1ccc(C)o1)CC2. The second-order valence-electron chi connectivity index (χ2n) is 6.53. The van der Waals surface area contributed by atoms with Crippen molar-refractivity contribution in [2.24, 2.45) is 0 Å². The van der Waals surface area contributed by atoms with Crippen LogP contribution in [0.15, 0.2) is 16.5 Å². The summed E-state index contributed by atoms with van der Waals surface area (Å²) in [6.07, 6.45) is 5.46. The van der Waals surface area contributed by atoms with Gasteiger partial charge in [0.25, 0.3) is 0 Å². The molecule has 0 radical (unpaired) electrons. The van der Waals surface area contributed by atoms with Gasteiger partial charge in [-0.05, 0) is 44.0 Å². The predicted octanol–water partition coefficient (Wildman–Crippen LogP) is 3.77. The van der Waals surface area contributed by atoms with Crippen molar-refractivity contribution in [2.45, 2.75) is 45.6 Å². The lowest BCUT2D eigenvalue weighted by molar-refractivity contribution is 0.240. The molecule has 1 N–H and O–H groups in total. The molecular weight excluding hydrogens is 306 g/mol. The summed E-state index contributed by atoms with van der Waals surface area (Å²) in [4.78, 5) is 2.56. The molecule has 1 aliphatic rings. The molecule has 0 unspecified atom stereocenters. The van der Waals surface area contributed by atoms with Crippen LogP contribution in [0.5, 0.6) is 0 Å². The minimum atomic E-state index is 0.477. The predicted molar refractivity (Wildman–Crippen MR) is 96.1 cm³/mol. The molecule has 126 valence electrons. The van der Waals surface area contributed by atoms with Crippen LogP contribution in [0.4, 0.5) is 0 Å². The van der Waals surface area contributed by atoms with E-state index < -0.39 is 0 Å². The van der Waals surface area contributed by atoms with E-state index in [0.29, 0.717) is 5.92 Å². The van der Waals surface area contributed by atoms with Gasteiger partial charge in [0.1, 0.15) is 11.5 Å². The molecule has 0 aromatic carbocycles. The van der Waals surface area contributed by atoms with Gasteiger partial charge in [0.15, 0.2) is 0 Å². The van der Waals surface area contributed by atoms with E-state index >= 15 is 0 Å². The van der Waals surface area contributed by atoms with Crippen molar-refractivity contribution in [3.05, 3.63) is 40.6 Å². The molecule has 0 amide bonds. The van der Waals surface area contributed by atoms with Crippen LogP contribution in [0.3, 0.4) is 0 Å². The third kappa shape index (κ3) is 4.01. The number of aromatic nitrogens is 2. The van der Waals surface area contributed by atoms with Gasteiger partial charge in [-0.25, -0.2) is 0 Å². The third-order valence-electron chi connectivity index (χ3n) is 4.77. The van der Waals surface area contributed by atoms with Gasteiger partial charge in [-0.1, -0.05) is 6.92 Å². The Morgan fingerprint density at radius 2 is 2.30 bits per heavy atom. The summed E-state index contributed by atoms with van der Waals surface area (Å²) < 4.78 is 5.76. The molecule has 23 heavy (non-hydrogen) atoms. The number of H-pyrrole nitrogens is 1. The van der Waals surface area contributed by atoms with Crippen molar-refractivity contribution in [3.63, 3.8) is 0 Å². The molecule has 4 nitrogen and oxygen atoms in total. The van der Waals surface area contributed by atoms with Crippen molar-refractivity contribution >= 4 is 11.8 Å². The van der Waals surface area contributed by atoms with E-state index in [1.807, 2.05) is 18.7 Å². The Balaban J connectivity index is 1.55. The van der Waals surface area contributed by atoms with Crippen LogP contribution in [-0.2, 0) is 19.4 Å². The lowest BCUT2D eigenvalue weighted by atomic mass is 10.0. The normalized spacial score (nSPS) is 16.5. The van der Waals surface area contributed by atoms with Crippen LogP contribution in [0.25, 0.3) is 0 Å². The highest BCUT2D eigenvalue weighted by Crippen LogP contribution is 2.25. The zero-order chi connectivity index (χ0) is 16.2. The molecule has 0 bridgehead atoms. The first-order chi connectivity index (χ1) is 11.2. The van der Waals surface area contributed by atoms with Crippen LogP contribution < -0.4 is 0 Å². The fourth-order valence-electron chi connectivity index (χ4n) is 3.24. The number of nitrogens with one attached hydrogen (secondary N) is 1. The maximum atomic E-state index is 5.76. The number of aryl methyl sites for hydroxylation is 2. The summed E-state index contributed by atoms with van der Waals surface area (Å²) in [6.45, 7) is 7.56. The molecule has 1 aliphatic heterocycles. The van der Waals surface area contributed by atoms with Crippen molar-refractivity contribution in [1.29, 1.82) is 0 Å². The number of furan rings is 1. The van der Waals surface area contributed by atoms with Crippen LogP contribution in [0.1, 0.15) is 47.7 Å². The lowest BCUT2D eigenvalue weighted by Gasteiger charge is -2.27. The van der Waals surface area contributed by atoms with Gasteiger partial charge in [-0.3, -0.25) is 10.00 Å². The third-order valence-corrected chi connectivity index (χ3v) is 5.38. The average Bonchev–Trinajstić information content (AvgIpc) is 3.16. The van der Waals surface area contributed by atoms with Crippen LogP contribution >= 0.6 is 11.8 Å². The highest BCUT2D eigenvalue weighted by Gasteiger charge is 2.22. The summed E-state index contributed by atoms with van der Waals surface area (Å²) in [5, 5.41) is 7.78. The molecule has 0 spiro atoms. The first-order valence-electron chi connectivity index (χ1n) is 8.50. The second kappa shape index (κ2) is 7.58. The number of nitrogens with zero attached hydrogens (tertiary/aromatic N) is 2.